The molecule has 0 fully saturated rings. The van der Waals surface area contributed by atoms with Crippen molar-refractivity contribution in [3.05, 3.63) is 57.8 Å². The molecule has 3 N–H and O–H groups in total. The minimum absolute atomic E-state index is 0.0336. The first kappa shape index (κ1) is 23.3. The summed E-state index contributed by atoms with van der Waals surface area (Å²) in [5.41, 5.74) is 2.80. The van der Waals surface area contributed by atoms with Crippen molar-refractivity contribution in [3.8, 4) is 11.5 Å². The number of aromatic hydroxyl groups is 1. The van der Waals surface area contributed by atoms with Crippen LogP contribution < -0.4 is 15.5 Å². The van der Waals surface area contributed by atoms with E-state index < -0.39 is 23.7 Å². The fraction of sp³-hybridized carbons (Fsp3) is 0.286. The lowest BCUT2D eigenvalue weighted by atomic mass is 10.0. The van der Waals surface area contributed by atoms with Crippen LogP contribution in [0.25, 0.3) is 0 Å². The van der Waals surface area contributed by atoms with Crippen LogP contribution >= 0.6 is 15.9 Å². The summed E-state index contributed by atoms with van der Waals surface area (Å²) in [6.45, 7) is 5.66. The number of hydrogen-bond acceptors (Lipinski definition) is 5. The van der Waals surface area contributed by atoms with Gasteiger partial charge in [0, 0.05) is 0 Å². The van der Waals surface area contributed by atoms with E-state index in [4.69, 9.17) is 4.74 Å². The summed E-state index contributed by atoms with van der Waals surface area (Å²) < 4.78 is 19.6. The maximum atomic E-state index is 13.8. The average molecular weight is 480 g/mol. The number of phenols is 1. The molecule has 7 nitrogen and oxygen atoms in total. The minimum atomic E-state index is -0.917. The van der Waals surface area contributed by atoms with Gasteiger partial charge in [0.1, 0.15) is 11.9 Å². The van der Waals surface area contributed by atoms with E-state index in [1.54, 1.807) is 39.0 Å². The summed E-state index contributed by atoms with van der Waals surface area (Å²) in [6, 6.07) is 7.80. The van der Waals surface area contributed by atoms with Crippen LogP contribution in [-0.2, 0) is 4.79 Å². The normalized spacial score (nSPS) is 12.1. The highest BCUT2D eigenvalue weighted by molar-refractivity contribution is 9.10. The molecule has 2 aromatic rings. The molecule has 1 atom stereocenters. The summed E-state index contributed by atoms with van der Waals surface area (Å²) in [7, 11) is 0. The van der Waals surface area contributed by atoms with Crippen LogP contribution in [0, 0.1) is 11.7 Å². The number of amides is 2. The molecular weight excluding hydrogens is 457 g/mol. The third-order valence-electron chi connectivity index (χ3n) is 4.09. The fourth-order valence-corrected chi connectivity index (χ4v) is 3.03. The zero-order valence-corrected chi connectivity index (χ0v) is 18.4. The van der Waals surface area contributed by atoms with Gasteiger partial charge < -0.3 is 15.2 Å². The number of halogens is 2. The first-order chi connectivity index (χ1) is 14.2. The van der Waals surface area contributed by atoms with E-state index in [1.165, 1.54) is 24.4 Å². The Hall–Kier alpha value is -2.94. The van der Waals surface area contributed by atoms with E-state index in [9.17, 15) is 19.1 Å². The Morgan fingerprint density at radius 2 is 2.00 bits per heavy atom. The van der Waals surface area contributed by atoms with Crippen molar-refractivity contribution in [1.29, 1.82) is 0 Å². The molecule has 0 aromatic heterocycles. The largest absolute Gasteiger partial charge is 0.503 e. The quantitative estimate of drug-likeness (QED) is 0.397. The molecule has 9 heteroatoms. The summed E-state index contributed by atoms with van der Waals surface area (Å²) in [5, 5.41) is 16.4. The molecule has 0 aliphatic carbocycles. The third-order valence-corrected chi connectivity index (χ3v) is 4.70. The maximum Gasteiger partial charge on any atom is 0.262 e. The summed E-state index contributed by atoms with van der Waals surface area (Å²) in [5.74, 6) is -1.92. The van der Waals surface area contributed by atoms with Crippen LogP contribution in [0.4, 0.5) is 4.39 Å². The van der Waals surface area contributed by atoms with Gasteiger partial charge in [-0.1, -0.05) is 26.0 Å². The highest BCUT2D eigenvalue weighted by Crippen LogP contribution is 2.35. The van der Waals surface area contributed by atoms with Crippen molar-refractivity contribution in [1.82, 2.24) is 10.7 Å². The van der Waals surface area contributed by atoms with Gasteiger partial charge in [-0.2, -0.15) is 5.10 Å². The van der Waals surface area contributed by atoms with E-state index >= 15 is 0 Å². The highest BCUT2D eigenvalue weighted by Gasteiger charge is 2.25. The number of nitrogens with one attached hydrogen (secondary N) is 2. The Kier molecular flexibility index (Phi) is 8.35. The molecule has 0 heterocycles. The van der Waals surface area contributed by atoms with Gasteiger partial charge in [0.15, 0.2) is 11.5 Å². The molecule has 0 saturated carbocycles. The third kappa shape index (κ3) is 6.03. The van der Waals surface area contributed by atoms with Crippen LogP contribution in [0.1, 0.15) is 36.7 Å². The van der Waals surface area contributed by atoms with Gasteiger partial charge in [0.05, 0.1) is 22.9 Å². The number of rotatable bonds is 8. The first-order valence-corrected chi connectivity index (χ1v) is 10.1. The summed E-state index contributed by atoms with van der Waals surface area (Å²) >= 11 is 3.23. The van der Waals surface area contributed by atoms with Crippen molar-refractivity contribution in [3.63, 3.8) is 0 Å². The fourth-order valence-electron chi connectivity index (χ4n) is 2.57. The van der Waals surface area contributed by atoms with Gasteiger partial charge >= 0.3 is 0 Å². The Labute approximate surface area is 182 Å². The average Bonchev–Trinajstić information content (AvgIpc) is 2.69. The molecule has 0 bridgehead atoms. The number of phenolic OH excluding ortho intramolecular Hbond substituents is 1. The molecule has 0 aliphatic rings. The van der Waals surface area contributed by atoms with Crippen molar-refractivity contribution in [2.75, 3.05) is 6.61 Å². The first-order valence-electron chi connectivity index (χ1n) is 9.28. The summed E-state index contributed by atoms with van der Waals surface area (Å²) in [4.78, 5) is 24.8. The minimum Gasteiger partial charge on any atom is -0.503 e. The molecule has 160 valence electrons. The SMILES string of the molecule is CCOc1cc(C=NNC(=O)C(NC(=O)c2ccccc2F)C(C)C)cc(Br)c1O. The number of benzene rings is 2. The van der Waals surface area contributed by atoms with Gasteiger partial charge in [0.2, 0.25) is 0 Å². The van der Waals surface area contributed by atoms with E-state index in [-0.39, 0.29) is 23.0 Å². The van der Waals surface area contributed by atoms with Crippen molar-refractivity contribution in [2.45, 2.75) is 26.8 Å². The lowest BCUT2D eigenvalue weighted by Crippen LogP contribution is -2.48. The number of hydrogen-bond donors (Lipinski definition) is 3. The van der Waals surface area contributed by atoms with E-state index in [0.717, 1.165) is 0 Å². The van der Waals surface area contributed by atoms with Gasteiger partial charge in [-0.25, -0.2) is 9.82 Å². The van der Waals surface area contributed by atoms with Gasteiger partial charge in [-0.15, -0.1) is 0 Å². The predicted molar refractivity (Wildman–Crippen MR) is 115 cm³/mol. The van der Waals surface area contributed by atoms with Crippen molar-refractivity contribution < 1.29 is 23.8 Å². The number of hydrazone groups is 1. The van der Waals surface area contributed by atoms with Gasteiger partial charge in [-0.3, -0.25) is 9.59 Å². The molecule has 2 amide bonds. The smallest absolute Gasteiger partial charge is 0.262 e. The molecule has 30 heavy (non-hydrogen) atoms. The monoisotopic (exact) mass is 479 g/mol. The number of carbonyl (C=O) groups excluding carboxylic acids is 2. The Bertz CT molecular complexity index is 950. The predicted octanol–water partition coefficient (Wildman–Crippen LogP) is 3.60. The molecular formula is C21H23BrFN3O4. The number of carbonyl (C=O) groups is 2. The molecule has 1 unspecified atom stereocenters. The highest BCUT2D eigenvalue weighted by atomic mass is 79.9. The second-order valence-electron chi connectivity index (χ2n) is 6.69. The molecule has 0 saturated heterocycles. The zero-order chi connectivity index (χ0) is 22.3. The number of nitrogens with zero attached hydrogens (tertiary/aromatic N) is 1. The number of ether oxygens (including phenoxy) is 1. The van der Waals surface area contributed by atoms with Crippen molar-refractivity contribution in [2.24, 2.45) is 11.0 Å². The molecule has 0 radical (unpaired) electrons. The lowest BCUT2D eigenvalue weighted by molar-refractivity contribution is -0.123. The second-order valence-corrected chi connectivity index (χ2v) is 7.55. The standard InChI is InChI=1S/C21H23BrFN3O4/c1-4-30-17-10-13(9-15(22)19(17)27)11-24-26-21(29)18(12(2)3)25-20(28)14-7-5-6-8-16(14)23/h5-12,18,27H,4H2,1-3H3,(H,25,28)(H,26,29). The van der Waals surface area contributed by atoms with Crippen LogP contribution in [0.2, 0.25) is 0 Å². The van der Waals surface area contributed by atoms with Crippen molar-refractivity contribution >= 4 is 34.0 Å². The van der Waals surface area contributed by atoms with E-state index in [0.29, 0.717) is 16.6 Å². The maximum absolute atomic E-state index is 13.8. The summed E-state index contributed by atoms with van der Waals surface area (Å²) in [6.07, 6.45) is 1.38. The zero-order valence-electron chi connectivity index (χ0n) is 16.8. The van der Waals surface area contributed by atoms with E-state index in [1.807, 2.05) is 0 Å². The Morgan fingerprint density at radius 1 is 1.30 bits per heavy atom. The molecule has 0 aliphatic heterocycles. The van der Waals surface area contributed by atoms with Crippen LogP contribution in [0.5, 0.6) is 11.5 Å². The molecule has 0 spiro atoms. The topological polar surface area (TPSA) is 100 Å². The Morgan fingerprint density at radius 3 is 2.63 bits per heavy atom. The van der Waals surface area contributed by atoms with Crippen LogP contribution in [0.3, 0.4) is 0 Å². The Balaban J connectivity index is 2.09. The lowest BCUT2D eigenvalue weighted by Gasteiger charge is -2.20. The molecule has 2 aromatic carbocycles. The van der Waals surface area contributed by atoms with Crippen LogP contribution in [0.15, 0.2) is 46.0 Å². The van der Waals surface area contributed by atoms with Gasteiger partial charge in [0.25, 0.3) is 11.8 Å². The van der Waals surface area contributed by atoms with E-state index in [2.05, 4.69) is 31.8 Å². The second kappa shape index (κ2) is 10.7. The van der Waals surface area contributed by atoms with Gasteiger partial charge in [-0.05, 0) is 58.6 Å². The van der Waals surface area contributed by atoms with Crippen LogP contribution in [-0.4, -0.2) is 35.8 Å². The molecule has 2 rings (SSSR count).